The smallest absolute Gasteiger partial charge is 0.243 e. The molecule has 0 N–H and O–H groups in total. The molecule has 0 aromatic carbocycles. The normalized spacial score (nSPS) is 17.9. The fraction of sp³-hybridized carbons (Fsp3) is 0.600. The van der Waals surface area contributed by atoms with E-state index in [9.17, 15) is 0 Å². The summed E-state index contributed by atoms with van der Waals surface area (Å²) in [6.07, 6.45) is 5.24. The molecular formula is C15H22N6O. The Kier molecular flexibility index (Phi) is 4.33. The van der Waals surface area contributed by atoms with Gasteiger partial charge < -0.3 is 9.42 Å². The van der Waals surface area contributed by atoms with Gasteiger partial charge in [-0.1, -0.05) is 19.0 Å². The van der Waals surface area contributed by atoms with E-state index in [2.05, 4.69) is 50.7 Å². The van der Waals surface area contributed by atoms with E-state index in [1.165, 1.54) is 0 Å². The van der Waals surface area contributed by atoms with Crippen molar-refractivity contribution in [2.45, 2.75) is 32.7 Å². The molecule has 1 atom stereocenters. The average molecular weight is 302 g/mol. The van der Waals surface area contributed by atoms with E-state index >= 15 is 0 Å². The molecule has 2 aromatic rings. The first kappa shape index (κ1) is 14.9. The highest BCUT2D eigenvalue weighted by Crippen LogP contribution is 2.23. The van der Waals surface area contributed by atoms with Crippen LogP contribution in [0.3, 0.4) is 0 Å². The lowest BCUT2D eigenvalue weighted by Gasteiger charge is -2.37. The molecule has 0 radical (unpaired) electrons. The highest BCUT2D eigenvalue weighted by atomic mass is 16.5. The molecule has 1 fully saturated rings. The maximum Gasteiger partial charge on any atom is 0.243 e. The Hall–Kier alpha value is -2.02. The summed E-state index contributed by atoms with van der Waals surface area (Å²) in [5, 5.41) is 4.05. The summed E-state index contributed by atoms with van der Waals surface area (Å²) in [5.41, 5.74) is 0. The molecule has 0 bridgehead atoms. The zero-order chi connectivity index (χ0) is 15.5. The van der Waals surface area contributed by atoms with Crippen LogP contribution in [0.4, 0.5) is 5.82 Å². The molecule has 0 spiro atoms. The zero-order valence-corrected chi connectivity index (χ0v) is 13.3. The summed E-state index contributed by atoms with van der Waals surface area (Å²) in [5.74, 6) is 2.71. The maximum absolute atomic E-state index is 5.41. The van der Waals surface area contributed by atoms with E-state index in [0.29, 0.717) is 11.8 Å². The van der Waals surface area contributed by atoms with Gasteiger partial charge in [-0.25, -0.2) is 4.98 Å². The summed E-state index contributed by atoms with van der Waals surface area (Å²) >= 11 is 0. The topological polar surface area (TPSA) is 71.2 Å². The Morgan fingerprint density at radius 3 is 2.45 bits per heavy atom. The van der Waals surface area contributed by atoms with E-state index in [1.807, 2.05) is 6.20 Å². The molecule has 0 aliphatic carbocycles. The van der Waals surface area contributed by atoms with Gasteiger partial charge in [-0.3, -0.25) is 9.88 Å². The first-order valence-electron chi connectivity index (χ1n) is 7.73. The predicted molar refractivity (Wildman–Crippen MR) is 82.6 cm³/mol. The number of piperazine rings is 1. The molecule has 0 saturated carbocycles. The van der Waals surface area contributed by atoms with Crippen LogP contribution in [-0.4, -0.2) is 51.2 Å². The fourth-order valence-corrected chi connectivity index (χ4v) is 2.60. The molecule has 22 heavy (non-hydrogen) atoms. The number of aromatic nitrogens is 4. The SMILES string of the molecule is CC(C)c1noc([C@H](C)N2CCN(c3cnccn3)CC2)n1. The largest absolute Gasteiger partial charge is 0.353 e. The van der Waals surface area contributed by atoms with Crippen LogP contribution in [0.25, 0.3) is 0 Å². The summed E-state index contributed by atoms with van der Waals surface area (Å²) < 4.78 is 5.41. The van der Waals surface area contributed by atoms with Crippen LogP contribution in [0.1, 0.15) is 44.4 Å². The lowest BCUT2D eigenvalue weighted by molar-refractivity contribution is 0.164. The third-order valence-electron chi connectivity index (χ3n) is 4.07. The second-order valence-electron chi connectivity index (χ2n) is 5.91. The lowest BCUT2D eigenvalue weighted by atomic mass is 10.2. The summed E-state index contributed by atoms with van der Waals surface area (Å²) in [4.78, 5) is 17.6. The van der Waals surface area contributed by atoms with Crippen LogP contribution in [0, 0.1) is 0 Å². The molecule has 1 aliphatic heterocycles. The number of rotatable bonds is 4. The van der Waals surface area contributed by atoms with Crippen molar-refractivity contribution < 1.29 is 4.52 Å². The molecule has 3 heterocycles. The quantitative estimate of drug-likeness (QED) is 0.853. The van der Waals surface area contributed by atoms with Gasteiger partial charge in [0.15, 0.2) is 5.82 Å². The monoisotopic (exact) mass is 302 g/mol. The van der Waals surface area contributed by atoms with E-state index in [1.54, 1.807) is 12.4 Å². The minimum Gasteiger partial charge on any atom is -0.353 e. The molecule has 1 saturated heterocycles. The highest BCUT2D eigenvalue weighted by Gasteiger charge is 2.26. The van der Waals surface area contributed by atoms with Gasteiger partial charge in [-0.2, -0.15) is 4.98 Å². The summed E-state index contributed by atoms with van der Waals surface area (Å²) in [6.45, 7) is 9.99. The van der Waals surface area contributed by atoms with Gasteiger partial charge in [0.25, 0.3) is 0 Å². The van der Waals surface area contributed by atoms with Crippen molar-refractivity contribution in [3.63, 3.8) is 0 Å². The second kappa shape index (κ2) is 6.39. The number of hydrogen-bond acceptors (Lipinski definition) is 7. The lowest BCUT2D eigenvalue weighted by Crippen LogP contribution is -2.47. The molecular weight excluding hydrogens is 280 g/mol. The summed E-state index contributed by atoms with van der Waals surface area (Å²) in [7, 11) is 0. The Bertz CT molecular complexity index is 591. The molecule has 1 aliphatic rings. The van der Waals surface area contributed by atoms with E-state index in [-0.39, 0.29) is 6.04 Å². The van der Waals surface area contributed by atoms with Gasteiger partial charge in [0.1, 0.15) is 5.82 Å². The molecule has 118 valence electrons. The number of hydrogen-bond donors (Lipinski definition) is 0. The van der Waals surface area contributed by atoms with Crippen molar-refractivity contribution in [2.24, 2.45) is 0 Å². The Morgan fingerprint density at radius 1 is 1.09 bits per heavy atom. The molecule has 2 aromatic heterocycles. The van der Waals surface area contributed by atoms with E-state index in [4.69, 9.17) is 4.52 Å². The molecule has 0 amide bonds. The van der Waals surface area contributed by atoms with Gasteiger partial charge in [0.2, 0.25) is 5.89 Å². The Morgan fingerprint density at radius 2 is 1.86 bits per heavy atom. The van der Waals surface area contributed by atoms with Gasteiger partial charge in [-0.05, 0) is 6.92 Å². The Labute approximate surface area is 130 Å². The number of nitrogens with zero attached hydrogens (tertiary/aromatic N) is 6. The third kappa shape index (κ3) is 3.09. The standard InChI is InChI=1S/C15H22N6O/c1-11(2)14-18-15(22-19-14)12(3)20-6-8-21(9-7-20)13-10-16-4-5-17-13/h4-5,10-12H,6-9H2,1-3H3/t12-/m0/s1. The zero-order valence-electron chi connectivity index (χ0n) is 13.3. The van der Waals surface area contributed by atoms with Crippen molar-refractivity contribution in [1.29, 1.82) is 0 Å². The van der Waals surface area contributed by atoms with Crippen LogP contribution in [0.2, 0.25) is 0 Å². The fourth-order valence-electron chi connectivity index (χ4n) is 2.60. The third-order valence-corrected chi connectivity index (χ3v) is 4.07. The average Bonchev–Trinajstić information content (AvgIpc) is 3.05. The van der Waals surface area contributed by atoms with Crippen molar-refractivity contribution in [3.8, 4) is 0 Å². The highest BCUT2D eigenvalue weighted by molar-refractivity contribution is 5.35. The predicted octanol–water partition coefficient (Wildman–Crippen LogP) is 1.87. The maximum atomic E-state index is 5.41. The minimum absolute atomic E-state index is 0.143. The first-order valence-corrected chi connectivity index (χ1v) is 7.73. The van der Waals surface area contributed by atoms with Crippen LogP contribution in [0.15, 0.2) is 23.1 Å². The van der Waals surface area contributed by atoms with Crippen molar-refractivity contribution in [2.75, 3.05) is 31.1 Å². The minimum atomic E-state index is 0.143. The van der Waals surface area contributed by atoms with E-state index in [0.717, 1.165) is 37.8 Å². The Balaban J connectivity index is 1.60. The van der Waals surface area contributed by atoms with E-state index < -0.39 is 0 Å². The molecule has 3 rings (SSSR count). The van der Waals surface area contributed by atoms with Crippen molar-refractivity contribution in [3.05, 3.63) is 30.3 Å². The molecule has 0 unspecified atom stereocenters. The number of anilines is 1. The molecule has 7 heteroatoms. The van der Waals surface area contributed by atoms with Crippen LogP contribution < -0.4 is 4.90 Å². The van der Waals surface area contributed by atoms with Crippen molar-refractivity contribution >= 4 is 5.82 Å². The van der Waals surface area contributed by atoms with Crippen molar-refractivity contribution in [1.82, 2.24) is 25.0 Å². The van der Waals surface area contributed by atoms with Crippen LogP contribution in [-0.2, 0) is 0 Å². The van der Waals surface area contributed by atoms with Gasteiger partial charge >= 0.3 is 0 Å². The van der Waals surface area contributed by atoms with Gasteiger partial charge in [-0.15, -0.1) is 0 Å². The van der Waals surface area contributed by atoms with Gasteiger partial charge in [0, 0.05) is 44.5 Å². The van der Waals surface area contributed by atoms with Gasteiger partial charge in [0.05, 0.1) is 12.2 Å². The summed E-state index contributed by atoms with van der Waals surface area (Å²) in [6, 6.07) is 0.143. The van der Waals surface area contributed by atoms with Crippen LogP contribution in [0.5, 0.6) is 0 Å². The molecule has 7 nitrogen and oxygen atoms in total. The second-order valence-corrected chi connectivity index (χ2v) is 5.91. The first-order chi connectivity index (χ1) is 10.6. The van der Waals surface area contributed by atoms with Crippen LogP contribution >= 0.6 is 0 Å².